The van der Waals surface area contributed by atoms with E-state index in [2.05, 4.69) is 5.32 Å². The second-order valence-electron chi connectivity index (χ2n) is 4.95. The fourth-order valence-electron chi connectivity index (χ4n) is 2.12. The molecule has 0 saturated heterocycles. The van der Waals surface area contributed by atoms with Crippen molar-refractivity contribution in [3.63, 3.8) is 0 Å². The highest BCUT2D eigenvalue weighted by Gasteiger charge is 2.22. The van der Waals surface area contributed by atoms with Crippen LogP contribution >= 0.6 is 0 Å². The number of rotatable bonds is 6. The van der Waals surface area contributed by atoms with E-state index in [4.69, 9.17) is 14.7 Å². The first-order chi connectivity index (χ1) is 10.2. The molecule has 1 aromatic rings. The van der Waals surface area contributed by atoms with Crippen molar-refractivity contribution in [1.82, 2.24) is 10.2 Å². The van der Waals surface area contributed by atoms with Gasteiger partial charge in [-0.3, -0.25) is 9.69 Å². The summed E-state index contributed by atoms with van der Waals surface area (Å²) in [4.78, 5) is 13.5. The summed E-state index contributed by atoms with van der Waals surface area (Å²) in [6.07, 6.45) is 0.225. The minimum absolute atomic E-state index is 0.0927. The number of hydrogen-bond acceptors (Lipinski definition) is 5. The smallest absolute Gasteiger partial charge is 0.234 e. The van der Waals surface area contributed by atoms with Gasteiger partial charge in [-0.15, -0.1) is 0 Å². The maximum atomic E-state index is 11.6. The summed E-state index contributed by atoms with van der Waals surface area (Å²) in [5.74, 6) is 1.40. The number of para-hydroxylation sites is 2. The van der Waals surface area contributed by atoms with E-state index in [0.717, 1.165) is 11.5 Å². The van der Waals surface area contributed by atoms with Crippen LogP contribution in [0.15, 0.2) is 24.3 Å². The Balaban J connectivity index is 1.75. The lowest BCUT2D eigenvalue weighted by Gasteiger charge is -2.29. The second-order valence-corrected chi connectivity index (χ2v) is 4.95. The van der Waals surface area contributed by atoms with Crippen LogP contribution in [0.5, 0.6) is 11.5 Å². The Morgan fingerprint density at radius 2 is 2.24 bits per heavy atom. The van der Waals surface area contributed by atoms with E-state index in [0.29, 0.717) is 26.1 Å². The molecule has 1 amide bonds. The van der Waals surface area contributed by atoms with E-state index in [1.54, 1.807) is 0 Å². The molecule has 0 spiro atoms. The Labute approximate surface area is 124 Å². The summed E-state index contributed by atoms with van der Waals surface area (Å²) in [6, 6.07) is 9.53. The van der Waals surface area contributed by atoms with Crippen molar-refractivity contribution in [2.24, 2.45) is 0 Å². The molecular weight excluding hydrogens is 270 g/mol. The number of nitrogens with zero attached hydrogens (tertiary/aromatic N) is 2. The fraction of sp³-hybridized carbons (Fsp3) is 0.467. The van der Waals surface area contributed by atoms with Gasteiger partial charge in [0.1, 0.15) is 12.7 Å². The molecule has 0 bridgehead atoms. The highest BCUT2D eigenvalue weighted by Crippen LogP contribution is 2.30. The summed E-state index contributed by atoms with van der Waals surface area (Å²) in [5, 5.41) is 11.1. The van der Waals surface area contributed by atoms with Gasteiger partial charge in [-0.2, -0.15) is 5.26 Å². The first kappa shape index (κ1) is 15.1. The molecule has 1 aromatic carbocycles. The van der Waals surface area contributed by atoms with Crippen molar-refractivity contribution in [2.45, 2.75) is 12.5 Å². The van der Waals surface area contributed by atoms with Gasteiger partial charge in [-0.05, 0) is 19.2 Å². The molecule has 2 rings (SSSR count). The van der Waals surface area contributed by atoms with Crippen LogP contribution in [0.3, 0.4) is 0 Å². The third kappa shape index (κ3) is 4.65. The van der Waals surface area contributed by atoms with Crippen molar-refractivity contribution in [1.29, 1.82) is 5.26 Å². The molecule has 6 nitrogen and oxygen atoms in total. The number of ether oxygens (including phenoxy) is 2. The standard InChI is InChI=1S/C15H19N3O3/c1-18(10-15(19)17-8-4-7-16)9-12-11-20-13-5-2-3-6-14(13)21-12/h2-3,5-6,12H,4,8-11H2,1H3,(H,17,19)/t12-/m1/s1. The maximum absolute atomic E-state index is 11.6. The van der Waals surface area contributed by atoms with Crippen molar-refractivity contribution in [3.05, 3.63) is 24.3 Å². The van der Waals surface area contributed by atoms with E-state index in [-0.39, 0.29) is 18.6 Å². The first-order valence-corrected chi connectivity index (χ1v) is 6.89. The average molecular weight is 289 g/mol. The number of fused-ring (bicyclic) bond motifs is 1. The molecular formula is C15H19N3O3. The van der Waals surface area contributed by atoms with Gasteiger partial charge in [0.25, 0.3) is 0 Å². The lowest BCUT2D eigenvalue weighted by Crippen LogP contribution is -2.43. The number of nitriles is 1. The van der Waals surface area contributed by atoms with Gasteiger partial charge in [0.15, 0.2) is 11.5 Å². The molecule has 0 unspecified atom stereocenters. The topological polar surface area (TPSA) is 74.6 Å². The van der Waals surface area contributed by atoms with E-state index in [9.17, 15) is 4.79 Å². The van der Waals surface area contributed by atoms with E-state index >= 15 is 0 Å². The van der Waals surface area contributed by atoms with Crippen LogP contribution in [0.2, 0.25) is 0 Å². The Morgan fingerprint density at radius 3 is 3.00 bits per heavy atom. The van der Waals surface area contributed by atoms with Gasteiger partial charge in [-0.1, -0.05) is 12.1 Å². The highest BCUT2D eigenvalue weighted by atomic mass is 16.6. The van der Waals surface area contributed by atoms with Crippen LogP contribution in [-0.2, 0) is 4.79 Å². The lowest BCUT2D eigenvalue weighted by molar-refractivity contribution is -0.122. The van der Waals surface area contributed by atoms with Crippen LogP contribution in [0.1, 0.15) is 6.42 Å². The van der Waals surface area contributed by atoms with Crippen molar-refractivity contribution in [2.75, 3.05) is 33.3 Å². The first-order valence-electron chi connectivity index (χ1n) is 6.89. The van der Waals surface area contributed by atoms with Crippen LogP contribution < -0.4 is 14.8 Å². The molecule has 0 fully saturated rings. The average Bonchev–Trinajstić information content (AvgIpc) is 2.47. The van der Waals surface area contributed by atoms with Crippen molar-refractivity contribution >= 4 is 5.91 Å². The number of benzene rings is 1. The van der Waals surface area contributed by atoms with Crippen LogP contribution in [-0.4, -0.2) is 50.2 Å². The molecule has 1 atom stereocenters. The summed E-state index contributed by atoms with van der Waals surface area (Å²) in [5.41, 5.74) is 0. The molecule has 112 valence electrons. The molecule has 0 aromatic heterocycles. The molecule has 0 radical (unpaired) electrons. The van der Waals surface area contributed by atoms with Gasteiger partial charge in [-0.25, -0.2) is 0 Å². The minimum atomic E-state index is -0.100. The SMILES string of the molecule is CN(CC(=O)NCCC#N)C[C@@H]1COc2ccccc2O1. The molecule has 0 saturated carbocycles. The van der Waals surface area contributed by atoms with Gasteiger partial charge < -0.3 is 14.8 Å². The Bertz CT molecular complexity index is 527. The number of carbonyl (C=O) groups is 1. The normalized spacial score (nSPS) is 16.3. The number of carbonyl (C=O) groups excluding carboxylic acids is 1. The second kappa shape index (κ2) is 7.50. The number of likely N-dealkylation sites (N-methyl/N-ethyl adjacent to an activating group) is 1. The van der Waals surface area contributed by atoms with Crippen LogP contribution in [0.4, 0.5) is 0 Å². The van der Waals surface area contributed by atoms with Gasteiger partial charge in [0, 0.05) is 13.1 Å². The molecule has 1 heterocycles. The summed E-state index contributed by atoms with van der Waals surface area (Å²) in [6.45, 7) is 1.73. The van der Waals surface area contributed by atoms with Gasteiger partial charge in [0.2, 0.25) is 5.91 Å². The van der Waals surface area contributed by atoms with E-state index in [1.165, 1.54) is 0 Å². The summed E-state index contributed by atoms with van der Waals surface area (Å²) in [7, 11) is 1.85. The van der Waals surface area contributed by atoms with Crippen molar-refractivity contribution < 1.29 is 14.3 Å². The minimum Gasteiger partial charge on any atom is -0.486 e. The van der Waals surface area contributed by atoms with Crippen molar-refractivity contribution in [3.8, 4) is 17.6 Å². The van der Waals surface area contributed by atoms with E-state index < -0.39 is 0 Å². The zero-order valence-corrected chi connectivity index (χ0v) is 12.0. The largest absolute Gasteiger partial charge is 0.486 e. The van der Waals surface area contributed by atoms with E-state index in [1.807, 2.05) is 42.3 Å². The number of hydrogen-bond donors (Lipinski definition) is 1. The van der Waals surface area contributed by atoms with Crippen LogP contribution in [0.25, 0.3) is 0 Å². The van der Waals surface area contributed by atoms with Crippen LogP contribution in [0, 0.1) is 11.3 Å². The number of amides is 1. The third-order valence-electron chi connectivity index (χ3n) is 3.06. The lowest BCUT2D eigenvalue weighted by atomic mass is 10.2. The number of nitrogens with one attached hydrogen (secondary N) is 1. The molecule has 1 aliphatic heterocycles. The monoisotopic (exact) mass is 289 g/mol. The molecule has 0 aliphatic carbocycles. The predicted octanol–water partition coefficient (Wildman–Crippen LogP) is 0.788. The summed E-state index contributed by atoms with van der Waals surface area (Å²) >= 11 is 0. The fourth-order valence-corrected chi connectivity index (χ4v) is 2.12. The maximum Gasteiger partial charge on any atom is 0.234 e. The molecule has 21 heavy (non-hydrogen) atoms. The predicted molar refractivity (Wildman–Crippen MR) is 77.1 cm³/mol. The highest BCUT2D eigenvalue weighted by molar-refractivity contribution is 5.77. The molecule has 6 heteroatoms. The Kier molecular flexibility index (Phi) is 5.41. The third-order valence-corrected chi connectivity index (χ3v) is 3.06. The zero-order valence-electron chi connectivity index (χ0n) is 12.0. The summed E-state index contributed by atoms with van der Waals surface area (Å²) < 4.78 is 11.5. The quantitative estimate of drug-likeness (QED) is 0.784. The van der Waals surface area contributed by atoms with Gasteiger partial charge >= 0.3 is 0 Å². The molecule has 1 N–H and O–H groups in total. The van der Waals surface area contributed by atoms with Gasteiger partial charge in [0.05, 0.1) is 19.0 Å². The Hall–Kier alpha value is -2.26. The Morgan fingerprint density at radius 1 is 1.48 bits per heavy atom. The molecule has 1 aliphatic rings. The zero-order chi connectivity index (χ0) is 15.1.